The molecule has 0 aliphatic rings. The molecule has 20 heavy (non-hydrogen) atoms. The van der Waals surface area contributed by atoms with E-state index in [1.165, 1.54) is 11.1 Å². The average molecular weight is 267 g/mol. The van der Waals surface area contributed by atoms with E-state index in [4.69, 9.17) is 10.2 Å². The van der Waals surface area contributed by atoms with Crippen molar-refractivity contribution in [3.05, 3.63) is 35.4 Å². The molecule has 0 radical (unpaired) electrons. The van der Waals surface area contributed by atoms with E-state index in [1.807, 2.05) is 0 Å². The summed E-state index contributed by atoms with van der Waals surface area (Å²) in [6, 6.07) is 10.8. The van der Waals surface area contributed by atoms with Gasteiger partial charge >= 0.3 is 0 Å². The molecule has 0 aliphatic carbocycles. The Bertz CT molecular complexity index is 636. The molecule has 3 heteroatoms. The predicted octanol–water partition coefficient (Wildman–Crippen LogP) is 3.85. The number of hydrogen-bond donors (Lipinski definition) is 0. The van der Waals surface area contributed by atoms with Crippen molar-refractivity contribution in [2.45, 2.75) is 33.6 Å². The predicted molar refractivity (Wildman–Crippen MR) is 84.0 cm³/mol. The third-order valence-electron chi connectivity index (χ3n) is 3.60. The van der Waals surface area contributed by atoms with Crippen LogP contribution in [0.15, 0.2) is 24.3 Å². The number of pyridine rings is 1. The Hall–Kier alpha value is -2.08. The lowest BCUT2D eigenvalue weighted by Gasteiger charge is -2.23. The number of nitriles is 1. The van der Waals surface area contributed by atoms with Gasteiger partial charge in [0.25, 0.3) is 0 Å². The van der Waals surface area contributed by atoms with Gasteiger partial charge in [-0.3, -0.25) is 0 Å². The van der Waals surface area contributed by atoms with Crippen molar-refractivity contribution < 1.29 is 0 Å². The minimum Gasteiger partial charge on any atom is -0.357 e. The summed E-state index contributed by atoms with van der Waals surface area (Å²) in [7, 11) is 0. The second-order valence-electron chi connectivity index (χ2n) is 5.00. The number of fused-ring (bicyclic) bond motifs is 1. The number of aromatic nitrogens is 1. The van der Waals surface area contributed by atoms with E-state index in [-0.39, 0.29) is 0 Å². The molecule has 0 saturated carbocycles. The summed E-state index contributed by atoms with van der Waals surface area (Å²) in [5, 5.41) is 9.99. The van der Waals surface area contributed by atoms with E-state index in [0.717, 1.165) is 36.2 Å². The first-order valence-electron chi connectivity index (χ1n) is 7.21. The fourth-order valence-corrected chi connectivity index (χ4v) is 2.48. The zero-order chi connectivity index (χ0) is 14.5. The van der Waals surface area contributed by atoms with E-state index in [2.05, 4.69) is 56.0 Å². The quantitative estimate of drug-likeness (QED) is 0.826. The molecule has 3 nitrogen and oxygen atoms in total. The van der Waals surface area contributed by atoms with Gasteiger partial charge < -0.3 is 4.90 Å². The smallest absolute Gasteiger partial charge is 0.132 e. The zero-order valence-corrected chi connectivity index (χ0v) is 12.5. The van der Waals surface area contributed by atoms with Gasteiger partial charge in [-0.05, 0) is 50.5 Å². The van der Waals surface area contributed by atoms with Crippen molar-refractivity contribution in [3.8, 4) is 6.07 Å². The molecule has 1 aromatic carbocycles. The van der Waals surface area contributed by atoms with E-state index in [1.54, 1.807) is 0 Å². The monoisotopic (exact) mass is 267 g/mol. The molecular formula is C17H21N3. The van der Waals surface area contributed by atoms with Crippen LogP contribution in [0, 0.1) is 18.3 Å². The Morgan fingerprint density at radius 1 is 1.20 bits per heavy atom. The van der Waals surface area contributed by atoms with Crippen LogP contribution in [0.2, 0.25) is 0 Å². The second-order valence-corrected chi connectivity index (χ2v) is 5.00. The number of rotatable bonds is 5. The van der Waals surface area contributed by atoms with Gasteiger partial charge in [0.2, 0.25) is 0 Å². The summed E-state index contributed by atoms with van der Waals surface area (Å²) in [5.41, 5.74) is 3.43. The summed E-state index contributed by atoms with van der Waals surface area (Å²) in [6.07, 6.45) is 1.30. The summed E-state index contributed by atoms with van der Waals surface area (Å²) in [5.74, 6) is 1.03. The molecule has 0 atom stereocenters. The number of anilines is 1. The van der Waals surface area contributed by atoms with Crippen LogP contribution < -0.4 is 4.90 Å². The van der Waals surface area contributed by atoms with E-state index in [9.17, 15) is 0 Å². The Balaban J connectivity index is 2.57. The van der Waals surface area contributed by atoms with Gasteiger partial charge in [-0.25, -0.2) is 4.98 Å². The van der Waals surface area contributed by atoms with Crippen LogP contribution in [0.4, 0.5) is 5.82 Å². The minimum absolute atomic E-state index is 0.535. The summed E-state index contributed by atoms with van der Waals surface area (Å²) < 4.78 is 0. The minimum atomic E-state index is 0.535. The van der Waals surface area contributed by atoms with Crippen molar-refractivity contribution in [1.29, 1.82) is 5.26 Å². The highest BCUT2D eigenvalue weighted by molar-refractivity contribution is 5.82. The fraction of sp³-hybridized carbons (Fsp3) is 0.412. The van der Waals surface area contributed by atoms with Gasteiger partial charge in [0, 0.05) is 24.9 Å². The molecule has 0 saturated heterocycles. The van der Waals surface area contributed by atoms with Crippen molar-refractivity contribution in [3.63, 3.8) is 0 Å². The number of hydrogen-bond acceptors (Lipinski definition) is 3. The molecule has 0 amide bonds. The Morgan fingerprint density at radius 2 is 1.95 bits per heavy atom. The SMILES string of the molecule is CCN(CC)c1nc2cc(C)ccc2cc1CCC#N. The fourth-order valence-electron chi connectivity index (χ4n) is 2.48. The molecule has 1 heterocycles. The number of nitrogens with zero attached hydrogens (tertiary/aromatic N) is 3. The van der Waals surface area contributed by atoms with E-state index < -0.39 is 0 Å². The topological polar surface area (TPSA) is 39.9 Å². The first-order valence-corrected chi connectivity index (χ1v) is 7.21. The van der Waals surface area contributed by atoms with Crippen LogP contribution in [-0.4, -0.2) is 18.1 Å². The Kier molecular flexibility index (Phi) is 4.57. The summed E-state index contributed by atoms with van der Waals surface area (Å²) in [4.78, 5) is 7.11. The molecule has 0 spiro atoms. The Morgan fingerprint density at radius 3 is 2.60 bits per heavy atom. The first kappa shape index (κ1) is 14.3. The summed E-state index contributed by atoms with van der Waals surface area (Å²) in [6.45, 7) is 8.22. The highest BCUT2D eigenvalue weighted by Crippen LogP contribution is 2.25. The normalized spacial score (nSPS) is 10.5. The molecule has 2 rings (SSSR count). The lowest BCUT2D eigenvalue weighted by Crippen LogP contribution is -2.24. The van der Waals surface area contributed by atoms with Crippen LogP contribution >= 0.6 is 0 Å². The van der Waals surface area contributed by atoms with Gasteiger partial charge in [-0.15, -0.1) is 0 Å². The standard InChI is InChI=1S/C17H21N3/c1-4-20(5-2)17-15(7-6-10-18)12-14-9-8-13(3)11-16(14)19-17/h8-9,11-12H,4-7H2,1-3H3. The molecule has 0 fully saturated rings. The van der Waals surface area contributed by atoms with Gasteiger partial charge in [0.15, 0.2) is 0 Å². The molecule has 0 N–H and O–H groups in total. The average Bonchev–Trinajstić information content (AvgIpc) is 2.46. The van der Waals surface area contributed by atoms with Crippen molar-refractivity contribution in [1.82, 2.24) is 4.98 Å². The first-order chi connectivity index (χ1) is 9.69. The molecule has 2 aromatic rings. The largest absolute Gasteiger partial charge is 0.357 e. The van der Waals surface area contributed by atoms with Gasteiger partial charge in [0.05, 0.1) is 11.6 Å². The molecule has 0 bridgehead atoms. The van der Waals surface area contributed by atoms with Gasteiger partial charge in [-0.1, -0.05) is 12.1 Å². The Labute approximate surface area is 120 Å². The maximum atomic E-state index is 8.84. The molecule has 0 unspecified atom stereocenters. The lowest BCUT2D eigenvalue weighted by atomic mass is 10.1. The zero-order valence-electron chi connectivity index (χ0n) is 12.5. The molecule has 104 valence electrons. The second kappa shape index (κ2) is 6.38. The van der Waals surface area contributed by atoms with Crippen molar-refractivity contribution in [2.24, 2.45) is 0 Å². The summed E-state index contributed by atoms with van der Waals surface area (Å²) >= 11 is 0. The number of aryl methyl sites for hydroxylation is 2. The molecule has 0 aliphatic heterocycles. The van der Waals surface area contributed by atoms with Crippen LogP contribution in [0.1, 0.15) is 31.4 Å². The lowest BCUT2D eigenvalue weighted by molar-refractivity contribution is 0.833. The number of benzene rings is 1. The van der Waals surface area contributed by atoms with Crippen LogP contribution in [0.5, 0.6) is 0 Å². The maximum absolute atomic E-state index is 8.84. The third-order valence-corrected chi connectivity index (χ3v) is 3.60. The maximum Gasteiger partial charge on any atom is 0.132 e. The van der Waals surface area contributed by atoms with Crippen LogP contribution in [0.25, 0.3) is 10.9 Å². The molecule has 1 aromatic heterocycles. The van der Waals surface area contributed by atoms with Crippen molar-refractivity contribution >= 4 is 16.7 Å². The molecular weight excluding hydrogens is 246 g/mol. The van der Waals surface area contributed by atoms with E-state index in [0.29, 0.717) is 6.42 Å². The van der Waals surface area contributed by atoms with Gasteiger partial charge in [0.1, 0.15) is 5.82 Å². The van der Waals surface area contributed by atoms with Crippen LogP contribution in [0.3, 0.4) is 0 Å². The third kappa shape index (κ3) is 2.91. The highest BCUT2D eigenvalue weighted by atomic mass is 15.2. The van der Waals surface area contributed by atoms with Crippen molar-refractivity contribution in [2.75, 3.05) is 18.0 Å². The van der Waals surface area contributed by atoms with Gasteiger partial charge in [-0.2, -0.15) is 5.26 Å². The highest BCUT2D eigenvalue weighted by Gasteiger charge is 2.12. The van der Waals surface area contributed by atoms with Crippen LogP contribution in [-0.2, 0) is 6.42 Å². The van der Waals surface area contributed by atoms with E-state index >= 15 is 0 Å².